The van der Waals surface area contributed by atoms with Gasteiger partial charge in [0.2, 0.25) is 0 Å². The zero-order chi connectivity index (χ0) is 8.20. The molecule has 1 atom stereocenters. The van der Waals surface area contributed by atoms with E-state index in [0.29, 0.717) is 0 Å². The van der Waals surface area contributed by atoms with Gasteiger partial charge in [-0.05, 0) is 6.92 Å². The van der Waals surface area contributed by atoms with Crippen LogP contribution in [0.4, 0.5) is 0 Å². The summed E-state index contributed by atoms with van der Waals surface area (Å²) in [4.78, 5) is 0. The van der Waals surface area contributed by atoms with Gasteiger partial charge in [0, 0.05) is 0 Å². The molecule has 3 heteroatoms. The maximum Gasteiger partial charge on any atom is 0.129 e. The molecule has 58 valence electrons. The van der Waals surface area contributed by atoms with Crippen LogP contribution in [0.15, 0.2) is 0 Å². The van der Waals surface area contributed by atoms with Gasteiger partial charge >= 0.3 is 0 Å². The third-order valence-electron chi connectivity index (χ3n) is 0.857. The summed E-state index contributed by atoms with van der Waals surface area (Å²) < 4.78 is 0. The molecular weight excluding hydrogens is 142 g/mol. The second-order valence-corrected chi connectivity index (χ2v) is 8.12. The highest BCUT2D eigenvalue weighted by molar-refractivity contribution is 6.83. The minimum absolute atomic E-state index is 0.105. The summed E-state index contributed by atoms with van der Waals surface area (Å²) in [6.07, 6.45) is 0. The summed E-state index contributed by atoms with van der Waals surface area (Å²) in [7, 11) is -1.25. The van der Waals surface area contributed by atoms with E-state index in [4.69, 9.17) is 5.21 Å². The van der Waals surface area contributed by atoms with Gasteiger partial charge in [0.25, 0.3) is 0 Å². The highest BCUT2D eigenvalue weighted by atomic mass is 28.3. The molecule has 0 saturated carbocycles. The van der Waals surface area contributed by atoms with Gasteiger partial charge in [0.1, 0.15) is 8.07 Å². The van der Waals surface area contributed by atoms with Crippen LogP contribution in [0.1, 0.15) is 6.92 Å². The number of hydrogen-bond donors (Lipinski definition) is 2. The molecule has 0 saturated heterocycles. The number of hydroxylamine groups is 1. The third kappa shape index (κ3) is 5.83. The van der Waals surface area contributed by atoms with E-state index in [1.54, 1.807) is 0 Å². The summed E-state index contributed by atoms with van der Waals surface area (Å²) in [6.45, 7) is 8.34. The fourth-order valence-electron chi connectivity index (χ4n) is 0.357. The molecule has 0 heterocycles. The fourth-order valence-corrected chi connectivity index (χ4v) is 1.01. The van der Waals surface area contributed by atoms with Crippen molar-refractivity contribution in [2.45, 2.75) is 32.6 Å². The Bertz CT molecular complexity index is 151. The van der Waals surface area contributed by atoms with Crippen LogP contribution in [-0.2, 0) is 0 Å². The number of hydrogen-bond acceptors (Lipinski definition) is 2. The minimum Gasteiger partial charge on any atom is -0.316 e. The monoisotopic (exact) mass is 157 g/mol. The molecule has 10 heavy (non-hydrogen) atoms. The van der Waals surface area contributed by atoms with Gasteiger partial charge in [0.15, 0.2) is 0 Å². The van der Waals surface area contributed by atoms with Crippen molar-refractivity contribution in [1.82, 2.24) is 5.48 Å². The van der Waals surface area contributed by atoms with Crippen LogP contribution in [0.2, 0.25) is 19.6 Å². The van der Waals surface area contributed by atoms with Crippen LogP contribution in [0.5, 0.6) is 0 Å². The summed E-state index contributed by atoms with van der Waals surface area (Å²) in [5.74, 6) is 2.92. The molecule has 0 aromatic rings. The maximum atomic E-state index is 8.39. The van der Waals surface area contributed by atoms with Crippen molar-refractivity contribution in [2.75, 3.05) is 0 Å². The molecule has 0 aromatic heterocycles. The van der Waals surface area contributed by atoms with Crippen LogP contribution in [-0.4, -0.2) is 19.3 Å². The molecule has 0 rings (SSSR count). The molecule has 0 bridgehead atoms. The average molecular weight is 157 g/mol. The maximum absolute atomic E-state index is 8.39. The normalized spacial score (nSPS) is 13.7. The summed E-state index contributed by atoms with van der Waals surface area (Å²) in [5.41, 5.74) is 5.23. The van der Waals surface area contributed by atoms with Crippen molar-refractivity contribution in [3.63, 3.8) is 0 Å². The summed E-state index contributed by atoms with van der Waals surface area (Å²) >= 11 is 0. The smallest absolute Gasteiger partial charge is 0.129 e. The van der Waals surface area contributed by atoms with Crippen molar-refractivity contribution in [3.05, 3.63) is 0 Å². The quantitative estimate of drug-likeness (QED) is 0.341. The van der Waals surface area contributed by atoms with E-state index >= 15 is 0 Å². The Morgan fingerprint density at radius 2 is 1.90 bits per heavy atom. The van der Waals surface area contributed by atoms with E-state index in [9.17, 15) is 0 Å². The van der Waals surface area contributed by atoms with Gasteiger partial charge in [-0.15, -0.1) is 5.54 Å². The molecule has 0 aliphatic heterocycles. The second-order valence-electron chi connectivity index (χ2n) is 3.37. The van der Waals surface area contributed by atoms with Crippen LogP contribution in [0, 0.1) is 11.5 Å². The van der Waals surface area contributed by atoms with Crippen molar-refractivity contribution >= 4 is 8.07 Å². The summed E-state index contributed by atoms with van der Waals surface area (Å²) in [6, 6.07) is -0.105. The summed E-state index contributed by atoms with van der Waals surface area (Å²) in [5, 5.41) is 8.39. The number of nitrogens with one attached hydrogen (secondary N) is 1. The lowest BCUT2D eigenvalue weighted by atomic mass is 10.4. The molecule has 0 spiro atoms. The molecule has 0 amide bonds. The average Bonchev–Trinajstić information content (AvgIpc) is 1.81. The van der Waals surface area contributed by atoms with Gasteiger partial charge < -0.3 is 5.21 Å². The molecule has 0 unspecified atom stereocenters. The van der Waals surface area contributed by atoms with Crippen molar-refractivity contribution < 1.29 is 5.21 Å². The zero-order valence-corrected chi connectivity index (χ0v) is 8.02. The molecule has 2 N–H and O–H groups in total. The second kappa shape index (κ2) is 3.77. The lowest BCUT2D eigenvalue weighted by Crippen LogP contribution is -2.22. The lowest BCUT2D eigenvalue weighted by molar-refractivity contribution is 0.152. The van der Waals surface area contributed by atoms with Crippen molar-refractivity contribution in [3.8, 4) is 11.5 Å². The van der Waals surface area contributed by atoms with E-state index < -0.39 is 8.07 Å². The largest absolute Gasteiger partial charge is 0.316 e. The van der Waals surface area contributed by atoms with Crippen LogP contribution in [0.3, 0.4) is 0 Å². The van der Waals surface area contributed by atoms with Crippen molar-refractivity contribution in [2.24, 2.45) is 0 Å². The molecule has 0 aliphatic rings. The van der Waals surface area contributed by atoms with Crippen LogP contribution in [0.25, 0.3) is 0 Å². The first-order chi connectivity index (χ1) is 4.45. The van der Waals surface area contributed by atoms with Gasteiger partial charge in [-0.2, -0.15) is 5.48 Å². The Labute approximate surface area is 63.6 Å². The van der Waals surface area contributed by atoms with Gasteiger partial charge in [0.05, 0.1) is 6.04 Å². The Morgan fingerprint density at radius 1 is 1.40 bits per heavy atom. The first kappa shape index (κ1) is 9.70. The van der Waals surface area contributed by atoms with Crippen molar-refractivity contribution in [1.29, 1.82) is 0 Å². The van der Waals surface area contributed by atoms with E-state index in [2.05, 4.69) is 36.6 Å². The highest BCUT2D eigenvalue weighted by Crippen LogP contribution is 1.96. The Morgan fingerprint density at radius 3 is 2.20 bits per heavy atom. The molecule has 2 nitrogen and oxygen atoms in total. The topological polar surface area (TPSA) is 32.3 Å². The Kier molecular flexibility index (Phi) is 3.65. The highest BCUT2D eigenvalue weighted by Gasteiger charge is 2.07. The molecule has 0 radical (unpaired) electrons. The Balaban J connectivity index is 3.91. The van der Waals surface area contributed by atoms with Crippen LogP contribution < -0.4 is 5.48 Å². The van der Waals surface area contributed by atoms with E-state index in [0.717, 1.165) is 0 Å². The number of rotatable bonds is 1. The predicted octanol–water partition coefficient (Wildman–Crippen LogP) is 1.23. The van der Waals surface area contributed by atoms with E-state index in [1.165, 1.54) is 0 Å². The molecule has 0 aromatic carbocycles. The molecular formula is C7H15NOSi. The van der Waals surface area contributed by atoms with E-state index in [1.807, 2.05) is 6.92 Å². The zero-order valence-electron chi connectivity index (χ0n) is 7.02. The van der Waals surface area contributed by atoms with E-state index in [-0.39, 0.29) is 6.04 Å². The van der Waals surface area contributed by atoms with Gasteiger partial charge in [-0.1, -0.05) is 25.6 Å². The minimum atomic E-state index is -1.25. The lowest BCUT2D eigenvalue weighted by Gasteiger charge is -2.05. The SMILES string of the molecule is C[C@H](C#C[Si](C)(C)C)NO. The fraction of sp³-hybridized carbons (Fsp3) is 0.714. The first-order valence-electron chi connectivity index (χ1n) is 3.38. The molecule has 0 fully saturated rings. The Hall–Kier alpha value is -0.303. The van der Waals surface area contributed by atoms with Gasteiger partial charge in [-0.3, -0.25) is 0 Å². The van der Waals surface area contributed by atoms with Gasteiger partial charge in [-0.25, -0.2) is 0 Å². The standard InChI is InChI=1S/C7H15NOSi/c1-7(8-9)5-6-10(2,3)4/h7-9H,1-4H3/t7-/m1/s1. The third-order valence-corrected chi connectivity index (χ3v) is 1.75. The predicted molar refractivity (Wildman–Crippen MR) is 45.5 cm³/mol. The van der Waals surface area contributed by atoms with Crippen LogP contribution >= 0.6 is 0 Å². The first-order valence-corrected chi connectivity index (χ1v) is 6.88. The molecule has 0 aliphatic carbocycles.